The summed E-state index contributed by atoms with van der Waals surface area (Å²) in [5.41, 5.74) is 6.40. The molecule has 0 heterocycles. The first-order valence-corrected chi connectivity index (χ1v) is 12.9. The lowest BCUT2D eigenvalue weighted by molar-refractivity contribution is -0.132. The van der Waals surface area contributed by atoms with Gasteiger partial charge in [-0.15, -0.1) is 0 Å². The average Bonchev–Trinajstić information content (AvgIpc) is 2.87. The van der Waals surface area contributed by atoms with Crippen LogP contribution in [0.3, 0.4) is 0 Å². The zero-order valence-corrected chi connectivity index (χ0v) is 21.3. The molecule has 1 unspecified atom stereocenters. The Balaban J connectivity index is 2.34. The summed E-state index contributed by atoms with van der Waals surface area (Å²) in [5, 5.41) is 23.6. The molecule has 1 aliphatic carbocycles. The summed E-state index contributed by atoms with van der Waals surface area (Å²) in [6, 6.07) is 9.74. The topological polar surface area (TPSA) is 116 Å². The number of amides is 2. The summed E-state index contributed by atoms with van der Waals surface area (Å²) < 4.78 is 0. The average molecular weight is 486 g/mol. The van der Waals surface area contributed by atoms with Crippen molar-refractivity contribution in [3.63, 3.8) is 0 Å². The number of carbonyl (C=O) groups excluding carboxylic acids is 2. The lowest BCUT2D eigenvalue weighted by Crippen LogP contribution is -2.51. The molecule has 7 nitrogen and oxygen atoms in total. The van der Waals surface area contributed by atoms with Gasteiger partial charge >= 0.3 is 0 Å². The Bertz CT molecular complexity index is 849. The van der Waals surface area contributed by atoms with E-state index >= 15 is 0 Å². The van der Waals surface area contributed by atoms with Gasteiger partial charge in [-0.3, -0.25) is 9.59 Å². The normalized spacial score (nSPS) is 19.1. The molecule has 35 heavy (non-hydrogen) atoms. The molecule has 0 spiro atoms. The van der Waals surface area contributed by atoms with Crippen molar-refractivity contribution in [2.75, 3.05) is 32.8 Å². The van der Waals surface area contributed by atoms with Crippen LogP contribution in [-0.4, -0.2) is 65.8 Å². The van der Waals surface area contributed by atoms with E-state index in [0.29, 0.717) is 38.0 Å². The van der Waals surface area contributed by atoms with Crippen LogP contribution in [-0.2, 0) is 16.0 Å². The molecule has 2 amide bonds. The number of nitrogens with zero attached hydrogens (tertiary/aromatic N) is 1. The van der Waals surface area contributed by atoms with Gasteiger partial charge in [0.1, 0.15) is 0 Å². The van der Waals surface area contributed by atoms with Crippen LogP contribution < -0.4 is 11.1 Å². The van der Waals surface area contributed by atoms with E-state index in [0.717, 1.165) is 24.8 Å². The Hall–Kier alpha value is -2.48. The quantitative estimate of drug-likeness (QED) is 0.269. The summed E-state index contributed by atoms with van der Waals surface area (Å²) in [7, 11) is 0. The van der Waals surface area contributed by atoms with Gasteiger partial charge in [0.25, 0.3) is 0 Å². The number of allylic oxidation sites excluding steroid dienone is 2. The molecule has 0 saturated heterocycles. The zero-order valence-electron chi connectivity index (χ0n) is 21.3. The molecule has 0 aliphatic heterocycles. The highest BCUT2D eigenvalue weighted by atomic mass is 16.3. The van der Waals surface area contributed by atoms with E-state index in [-0.39, 0.29) is 25.5 Å². The molecule has 2 rings (SSSR count). The second-order valence-electron chi connectivity index (χ2n) is 9.42. The van der Waals surface area contributed by atoms with Gasteiger partial charge in [0.2, 0.25) is 11.8 Å². The van der Waals surface area contributed by atoms with Crippen molar-refractivity contribution in [2.45, 2.75) is 58.5 Å². The molecule has 5 N–H and O–H groups in total. The maximum Gasteiger partial charge on any atom is 0.249 e. The van der Waals surface area contributed by atoms with Crippen LogP contribution in [0, 0.1) is 11.3 Å². The van der Waals surface area contributed by atoms with Crippen molar-refractivity contribution in [1.82, 2.24) is 10.2 Å². The standard InChI is InChI=1S/C28H43N3O4/c1-3-16-31(17-4-2)26(34)23-13-10-14-28(20-23,27(29)35)24(19-22-11-6-5-7-12-22)25(33)21-30-15-8-9-18-32/h5-7,10-14,24-25,30,32-33H,3-4,8-9,15-21H2,1-2H3,(H2,29,35)/t24-,25+,28?/m1/s1. The molecule has 0 fully saturated rings. The van der Waals surface area contributed by atoms with E-state index in [1.807, 2.05) is 49.1 Å². The summed E-state index contributed by atoms with van der Waals surface area (Å²) in [6.45, 7) is 6.47. The first kappa shape index (κ1) is 28.8. The number of nitrogens with one attached hydrogen (secondary N) is 1. The first-order valence-electron chi connectivity index (χ1n) is 12.9. The van der Waals surface area contributed by atoms with Gasteiger partial charge in [-0.2, -0.15) is 0 Å². The van der Waals surface area contributed by atoms with Crippen molar-refractivity contribution < 1.29 is 19.8 Å². The van der Waals surface area contributed by atoms with E-state index in [4.69, 9.17) is 10.8 Å². The van der Waals surface area contributed by atoms with Crippen LogP contribution in [0.2, 0.25) is 0 Å². The van der Waals surface area contributed by atoms with Crippen LogP contribution in [0.25, 0.3) is 0 Å². The number of primary amides is 1. The Morgan fingerprint density at radius 2 is 1.83 bits per heavy atom. The minimum absolute atomic E-state index is 0.0706. The Kier molecular flexibility index (Phi) is 12.2. The third-order valence-electron chi connectivity index (χ3n) is 6.72. The van der Waals surface area contributed by atoms with Gasteiger partial charge in [0.05, 0.1) is 11.5 Å². The first-order chi connectivity index (χ1) is 16.9. The maximum absolute atomic E-state index is 13.4. The molecular weight excluding hydrogens is 442 g/mol. The fourth-order valence-corrected chi connectivity index (χ4v) is 4.86. The summed E-state index contributed by atoms with van der Waals surface area (Å²) in [4.78, 5) is 28.3. The lowest BCUT2D eigenvalue weighted by Gasteiger charge is -2.41. The smallest absolute Gasteiger partial charge is 0.249 e. The van der Waals surface area contributed by atoms with E-state index in [1.165, 1.54) is 0 Å². The van der Waals surface area contributed by atoms with E-state index < -0.39 is 23.3 Å². The monoisotopic (exact) mass is 485 g/mol. The van der Waals surface area contributed by atoms with Crippen molar-refractivity contribution in [3.8, 4) is 0 Å². The largest absolute Gasteiger partial charge is 0.396 e. The molecule has 1 aromatic carbocycles. The lowest BCUT2D eigenvalue weighted by atomic mass is 9.64. The van der Waals surface area contributed by atoms with Crippen molar-refractivity contribution >= 4 is 11.8 Å². The van der Waals surface area contributed by atoms with Gasteiger partial charge in [0, 0.05) is 37.7 Å². The molecular formula is C28H43N3O4. The Labute approximate surface area is 210 Å². The molecule has 0 bridgehead atoms. The highest BCUT2D eigenvalue weighted by molar-refractivity contribution is 5.96. The van der Waals surface area contributed by atoms with Gasteiger partial charge in [-0.25, -0.2) is 0 Å². The number of aliphatic hydroxyl groups excluding tert-OH is 2. The van der Waals surface area contributed by atoms with Crippen LogP contribution in [0.4, 0.5) is 0 Å². The minimum atomic E-state index is -1.19. The fraction of sp³-hybridized carbons (Fsp3) is 0.571. The van der Waals surface area contributed by atoms with Crippen LogP contribution >= 0.6 is 0 Å². The molecule has 0 saturated carbocycles. The number of hydrogen-bond acceptors (Lipinski definition) is 5. The van der Waals surface area contributed by atoms with Gasteiger partial charge in [0.15, 0.2) is 0 Å². The number of benzene rings is 1. The molecule has 1 aromatic rings. The van der Waals surface area contributed by atoms with Crippen molar-refractivity contribution in [2.24, 2.45) is 17.1 Å². The predicted molar refractivity (Wildman–Crippen MR) is 139 cm³/mol. The second-order valence-corrected chi connectivity index (χ2v) is 9.42. The number of hydrogen-bond donors (Lipinski definition) is 4. The third-order valence-corrected chi connectivity index (χ3v) is 6.72. The summed E-state index contributed by atoms with van der Waals surface area (Å²) in [5.74, 6) is -1.13. The summed E-state index contributed by atoms with van der Waals surface area (Å²) in [6.07, 6.45) is 8.24. The van der Waals surface area contributed by atoms with Gasteiger partial charge < -0.3 is 26.2 Å². The maximum atomic E-state index is 13.4. The van der Waals surface area contributed by atoms with E-state index in [1.54, 1.807) is 18.2 Å². The third kappa shape index (κ3) is 8.02. The zero-order chi connectivity index (χ0) is 25.7. The molecule has 7 heteroatoms. The number of nitrogens with two attached hydrogens (primary N) is 1. The van der Waals surface area contributed by atoms with Crippen molar-refractivity contribution in [3.05, 3.63) is 59.7 Å². The number of rotatable bonds is 16. The molecule has 194 valence electrons. The number of unbranched alkanes of at least 4 members (excludes halogenated alkanes) is 1. The SMILES string of the molecule is CCCN(CCC)C(=O)C1=CC=CC(C(N)=O)([C@H](Cc2ccccc2)[C@@H](O)CNCCCCO)C1. The molecule has 3 atom stereocenters. The predicted octanol–water partition coefficient (Wildman–Crippen LogP) is 2.57. The number of aliphatic hydroxyl groups is 2. The number of carbonyl (C=O) groups is 2. The summed E-state index contributed by atoms with van der Waals surface area (Å²) >= 11 is 0. The van der Waals surface area contributed by atoms with Crippen LogP contribution in [0.5, 0.6) is 0 Å². The van der Waals surface area contributed by atoms with Crippen molar-refractivity contribution in [1.29, 1.82) is 0 Å². The van der Waals surface area contributed by atoms with Gasteiger partial charge in [-0.1, -0.05) is 62.4 Å². The van der Waals surface area contributed by atoms with Crippen LogP contribution in [0.1, 0.15) is 51.5 Å². The Morgan fingerprint density at radius 3 is 2.43 bits per heavy atom. The Morgan fingerprint density at radius 1 is 1.14 bits per heavy atom. The van der Waals surface area contributed by atoms with E-state index in [2.05, 4.69) is 5.32 Å². The molecule has 0 radical (unpaired) electrons. The second kappa shape index (κ2) is 14.8. The molecule has 0 aromatic heterocycles. The highest BCUT2D eigenvalue weighted by Gasteiger charge is 2.47. The van der Waals surface area contributed by atoms with E-state index in [9.17, 15) is 14.7 Å². The molecule has 1 aliphatic rings. The van der Waals surface area contributed by atoms with Crippen LogP contribution in [0.15, 0.2) is 54.1 Å². The minimum Gasteiger partial charge on any atom is -0.396 e. The highest BCUT2D eigenvalue weighted by Crippen LogP contribution is 2.42. The fourth-order valence-electron chi connectivity index (χ4n) is 4.86. The van der Waals surface area contributed by atoms with Gasteiger partial charge in [-0.05, 0) is 50.6 Å².